The van der Waals surface area contributed by atoms with Crippen LogP contribution in [0.1, 0.15) is 23.7 Å². The molecule has 106 valence electrons. The first-order valence-electron chi connectivity index (χ1n) is 6.23. The molecule has 0 saturated carbocycles. The van der Waals surface area contributed by atoms with E-state index in [-0.39, 0.29) is 0 Å². The van der Waals surface area contributed by atoms with Gasteiger partial charge in [-0.3, -0.25) is 9.48 Å². The number of nitrogens with one attached hydrogen (secondary N) is 1. The Labute approximate surface area is 115 Å². The highest BCUT2D eigenvalue weighted by molar-refractivity contribution is 5.99. The van der Waals surface area contributed by atoms with Crippen LogP contribution in [0.3, 0.4) is 0 Å². The summed E-state index contributed by atoms with van der Waals surface area (Å²) in [5, 5.41) is 15.5. The minimum atomic E-state index is -1.05. The fourth-order valence-electron chi connectivity index (χ4n) is 1.95. The molecule has 2 aromatic heterocycles. The molecule has 20 heavy (non-hydrogen) atoms. The van der Waals surface area contributed by atoms with Gasteiger partial charge in [-0.1, -0.05) is 6.92 Å². The number of aliphatic carboxylic acids is 1. The molecular weight excluding hydrogens is 260 g/mol. The topological polar surface area (TPSA) is 89.2 Å². The van der Waals surface area contributed by atoms with Gasteiger partial charge >= 0.3 is 5.97 Å². The van der Waals surface area contributed by atoms with E-state index in [2.05, 4.69) is 10.4 Å². The predicted molar refractivity (Wildman–Crippen MR) is 71.7 cm³/mol. The molecule has 0 spiro atoms. The summed E-state index contributed by atoms with van der Waals surface area (Å²) in [5.41, 5.74) is 0.336. The van der Waals surface area contributed by atoms with Gasteiger partial charge in [0.25, 0.3) is 5.91 Å². The first-order valence-corrected chi connectivity index (χ1v) is 6.23. The highest BCUT2D eigenvalue weighted by Gasteiger charge is 2.22. The summed E-state index contributed by atoms with van der Waals surface area (Å²) >= 11 is 0. The van der Waals surface area contributed by atoms with Gasteiger partial charge in [-0.2, -0.15) is 5.10 Å². The zero-order valence-corrected chi connectivity index (χ0v) is 11.3. The summed E-state index contributed by atoms with van der Waals surface area (Å²) < 4.78 is 3.32. The zero-order valence-electron chi connectivity index (χ0n) is 11.3. The summed E-state index contributed by atoms with van der Waals surface area (Å²) in [6.07, 6.45) is 5.34. The number of carbonyl (C=O) groups is 2. The molecule has 1 amide bonds. The number of carboxylic acid groups (broad SMARTS) is 1. The standard InChI is InChI=1S/C13H16N4O3/c1-3-10(13(19)20)15-11(18)9-8-14-16(2)12(9)17-6-4-5-7-17/h4-8,10H,3H2,1-2H3,(H,15,18)(H,19,20). The van der Waals surface area contributed by atoms with Gasteiger partial charge in [-0.15, -0.1) is 0 Å². The second-order valence-corrected chi connectivity index (χ2v) is 4.37. The number of carbonyl (C=O) groups excluding carboxylic acids is 1. The maximum atomic E-state index is 12.2. The van der Waals surface area contributed by atoms with Gasteiger partial charge in [0.05, 0.1) is 6.20 Å². The first-order chi connectivity index (χ1) is 9.54. The van der Waals surface area contributed by atoms with E-state index in [0.29, 0.717) is 17.8 Å². The lowest BCUT2D eigenvalue weighted by Gasteiger charge is -2.13. The van der Waals surface area contributed by atoms with Crippen molar-refractivity contribution in [2.24, 2.45) is 7.05 Å². The molecule has 0 fully saturated rings. The highest BCUT2D eigenvalue weighted by Crippen LogP contribution is 2.14. The van der Waals surface area contributed by atoms with Crippen LogP contribution in [0, 0.1) is 0 Å². The molecule has 1 unspecified atom stereocenters. The van der Waals surface area contributed by atoms with Crippen molar-refractivity contribution in [3.63, 3.8) is 0 Å². The second-order valence-electron chi connectivity index (χ2n) is 4.37. The first kappa shape index (κ1) is 13.9. The Bertz CT molecular complexity index is 616. The van der Waals surface area contributed by atoms with E-state index in [1.54, 1.807) is 35.6 Å². The third-order valence-corrected chi connectivity index (χ3v) is 3.01. The highest BCUT2D eigenvalue weighted by atomic mass is 16.4. The predicted octanol–water partition coefficient (Wildman–Crippen LogP) is 0.804. The van der Waals surface area contributed by atoms with Crippen LogP contribution in [0.15, 0.2) is 30.7 Å². The Morgan fingerprint density at radius 3 is 2.60 bits per heavy atom. The van der Waals surface area contributed by atoms with Crippen LogP contribution >= 0.6 is 0 Å². The van der Waals surface area contributed by atoms with Crippen LogP contribution in [0.2, 0.25) is 0 Å². The lowest BCUT2D eigenvalue weighted by atomic mass is 10.2. The van der Waals surface area contributed by atoms with Crippen molar-refractivity contribution in [3.8, 4) is 5.82 Å². The molecule has 7 heteroatoms. The monoisotopic (exact) mass is 276 g/mol. The average molecular weight is 276 g/mol. The zero-order chi connectivity index (χ0) is 14.7. The minimum absolute atomic E-state index is 0.320. The molecule has 2 aromatic rings. The van der Waals surface area contributed by atoms with Crippen LogP contribution < -0.4 is 5.32 Å². The van der Waals surface area contributed by atoms with E-state index in [1.807, 2.05) is 12.1 Å². The van der Waals surface area contributed by atoms with E-state index in [4.69, 9.17) is 5.11 Å². The molecule has 0 radical (unpaired) electrons. The molecule has 0 aliphatic carbocycles. The Morgan fingerprint density at radius 2 is 2.05 bits per heavy atom. The second kappa shape index (κ2) is 5.60. The normalized spacial score (nSPS) is 12.1. The van der Waals surface area contributed by atoms with Crippen molar-refractivity contribution in [1.82, 2.24) is 19.7 Å². The summed E-state index contributed by atoms with van der Waals surface area (Å²) in [7, 11) is 1.72. The number of hydrogen-bond acceptors (Lipinski definition) is 3. The van der Waals surface area contributed by atoms with Crippen molar-refractivity contribution < 1.29 is 14.7 Å². The molecule has 2 rings (SSSR count). The molecule has 0 aliphatic heterocycles. The van der Waals surface area contributed by atoms with Crippen LogP contribution in [-0.2, 0) is 11.8 Å². The van der Waals surface area contributed by atoms with Crippen LogP contribution in [-0.4, -0.2) is 37.4 Å². The van der Waals surface area contributed by atoms with E-state index in [1.165, 1.54) is 6.20 Å². The third kappa shape index (κ3) is 2.56. The van der Waals surface area contributed by atoms with Gasteiger partial charge in [0, 0.05) is 19.4 Å². The molecule has 2 heterocycles. The number of nitrogens with zero attached hydrogens (tertiary/aromatic N) is 3. The number of carboxylic acids is 1. The summed E-state index contributed by atoms with van der Waals surface area (Å²) in [4.78, 5) is 23.2. The molecule has 2 N–H and O–H groups in total. The van der Waals surface area contributed by atoms with Crippen LogP contribution in [0.5, 0.6) is 0 Å². The third-order valence-electron chi connectivity index (χ3n) is 3.01. The lowest BCUT2D eigenvalue weighted by molar-refractivity contribution is -0.139. The Balaban J connectivity index is 2.30. The quantitative estimate of drug-likeness (QED) is 0.845. The van der Waals surface area contributed by atoms with Crippen molar-refractivity contribution in [3.05, 3.63) is 36.3 Å². The van der Waals surface area contributed by atoms with E-state index < -0.39 is 17.9 Å². The fraction of sp³-hybridized carbons (Fsp3) is 0.308. The molecule has 7 nitrogen and oxygen atoms in total. The SMILES string of the molecule is CCC(NC(=O)c1cnn(C)c1-n1cccc1)C(=O)O. The van der Waals surface area contributed by atoms with Crippen LogP contribution in [0.25, 0.3) is 5.82 Å². The smallest absolute Gasteiger partial charge is 0.326 e. The number of aryl methyl sites for hydroxylation is 1. The maximum absolute atomic E-state index is 12.2. The molecule has 0 saturated heterocycles. The fourth-order valence-corrected chi connectivity index (χ4v) is 1.95. The van der Waals surface area contributed by atoms with Gasteiger partial charge in [-0.25, -0.2) is 4.79 Å². The summed E-state index contributed by atoms with van der Waals surface area (Å²) in [5.74, 6) is -0.906. The number of amides is 1. The minimum Gasteiger partial charge on any atom is -0.480 e. The number of rotatable bonds is 5. The van der Waals surface area contributed by atoms with Gasteiger partial charge in [0.2, 0.25) is 0 Å². The summed E-state index contributed by atoms with van der Waals surface area (Å²) in [6.45, 7) is 1.70. The van der Waals surface area contributed by atoms with Crippen molar-refractivity contribution in [2.75, 3.05) is 0 Å². The molecular formula is C13H16N4O3. The van der Waals surface area contributed by atoms with Crippen LogP contribution in [0.4, 0.5) is 0 Å². The Hall–Kier alpha value is -2.57. The number of aromatic nitrogens is 3. The Morgan fingerprint density at radius 1 is 1.40 bits per heavy atom. The molecule has 0 bridgehead atoms. The van der Waals surface area contributed by atoms with Crippen molar-refractivity contribution in [1.29, 1.82) is 0 Å². The molecule has 0 aliphatic rings. The van der Waals surface area contributed by atoms with Crippen molar-refractivity contribution >= 4 is 11.9 Å². The van der Waals surface area contributed by atoms with E-state index >= 15 is 0 Å². The van der Waals surface area contributed by atoms with Crippen molar-refractivity contribution in [2.45, 2.75) is 19.4 Å². The van der Waals surface area contributed by atoms with Gasteiger partial charge in [-0.05, 0) is 18.6 Å². The van der Waals surface area contributed by atoms with Gasteiger partial charge in [0.15, 0.2) is 0 Å². The molecule has 0 aromatic carbocycles. The largest absolute Gasteiger partial charge is 0.480 e. The lowest BCUT2D eigenvalue weighted by Crippen LogP contribution is -2.40. The Kier molecular flexibility index (Phi) is 3.88. The molecule has 1 atom stereocenters. The van der Waals surface area contributed by atoms with E-state index in [9.17, 15) is 9.59 Å². The van der Waals surface area contributed by atoms with Gasteiger partial charge < -0.3 is 15.0 Å². The van der Waals surface area contributed by atoms with E-state index in [0.717, 1.165) is 0 Å². The summed E-state index contributed by atoms with van der Waals surface area (Å²) in [6, 6.07) is 2.77. The number of hydrogen-bond donors (Lipinski definition) is 2. The maximum Gasteiger partial charge on any atom is 0.326 e. The average Bonchev–Trinajstić information content (AvgIpc) is 3.03. The van der Waals surface area contributed by atoms with Gasteiger partial charge in [0.1, 0.15) is 17.4 Å².